The van der Waals surface area contributed by atoms with Gasteiger partial charge >= 0.3 is 0 Å². The van der Waals surface area contributed by atoms with Gasteiger partial charge in [0.2, 0.25) is 11.1 Å². The van der Waals surface area contributed by atoms with Gasteiger partial charge in [-0.3, -0.25) is 9.89 Å². The van der Waals surface area contributed by atoms with Crippen molar-refractivity contribution < 1.29 is 9.53 Å². The van der Waals surface area contributed by atoms with Crippen molar-refractivity contribution in [1.82, 2.24) is 15.2 Å². The molecule has 2 N–H and O–H groups in total. The second-order valence-electron chi connectivity index (χ2n) is 6.61. The predicted octanol–water partition coefficient (Wildman–Crippen LogP) is 4.55. The van der Waals surface area contributed by atoms with Crippen molar-refractivity contribution in [2.24, 2.45) is 0 Å². The third-order valence-electron chi connectivity index (χ3n) is 4.56. The Bertz CT molecular complexity index is 949. The van der Waals surface area contributed by atoms with Gasteiger partial charge in [0.1, 0.15) is 12.4 Å². The number of benzene rings is 2. The fourth-order valence-corrected chi connectivity index (χ4v) is 3.60. The topological polar surface area (TPSA) is 79.9 Å². The zero-order valence-corrected chi connectivity index (χ0v) is 17.8. The molecule has 0 atom stereocenters. The van der Waals surface area contributed by atoms with E-state index in [1.165, 1.54) is 11.8 Å². The molecule has 0 bridgehead atoms. The first-order chi connectivity index (χ1) is 14.1. The number of thioether (sulfide) groups is 1. The summed E-state index contributed by atoms with van der Waals surface area (Å²) in [5.74, 6) is 1.63. The molecule has 1 amide bonds. The highest BCUT2D eigenvalue weighted by Crippen LogP contribution is 2.23. The monoisotopic (exact) mass is 410 g/mol. The second-order valence-corrected chi connectivity index (χ2v) is 7.56. The lowest BCUT2D eigenvalue weighted by molar-refractivity contribution is -0.113. The van der Waals surface area contributed by atoms with E-state index >= 15 is 0 Å². The number of aromatic nitrogens is 3. The number of hydrogen-bond donors (Lipinski definition) is 2. The highest BCUT2D eigenvalue weighted by molar-refractivity contribution is 7.99. The van der Waals surface area contributed by atoms with E-state index in [4.69, 9.17) is 4.74 Å². The molecular weight excluding hydrogens is 384 g/mol. The Morgan fingerprint density at radius 2 is 1.83 bits per heavy atom. The van der Waals surface area contributed by atoms with Crippen LogP contribution in [0.4, 0.5) is 5.69 Å². The molecule has 0 unspecified atom stereocenters. The first kappa shape index (κ1) is 20.9. The smallest absolute Gasteiger partial charge is 0.234 e. The number of nitrogens with one attached hydrogen (secondary N) is 2. The Morgan fingerprint density at radius 1 is 1.10 bits per heavy atom. The number of anilines is 1. The Balaban J connectivity index is 1.53. The molecule has 2 aromatic carbocycles. The molecular formula is C22H26N4O2S. The average Bonchev–Trinajstić information content (AvgIpc) is 3.19. The van der Waals surface area contributed by atoms with E-state index in [0.717, 1.165) is 41.0 Å². The first-order valence-electron chi connectivity index (χ1n) is 9.73. The molecule has 1 aromatic heterocycles. The molecule has 0 aliphatic carbocycles. The maximum atomic E-state index is 12.5. The number of carbonyl (C=O) groups excluding carboxylic acids is 1. The average molecular weight is 411 g/mol. The summed E-state index contributed by atoms with van der Waals surface area (Å²) in [5, 5.41) is 10.6. The molecule has 3 rings (SSSR count). The van der Waals surface area contributed by atoms with Crippen molar-refractivity contribution in [3.8, 4) is 5.75 Å². The lowest BCUT2D eigenvalue weighted by Crippen LogP contribution is -2.16. The van der Waals surface area contributed by atoms with E-state index in [2.05, 4.69) is 46.5 Å². The van der Waals surface area contributed by atoms with Gasteiger partial charge in [-0.2, -0.15) is 0 Å². The summed E-state index contributed by atoms with van der Waals surface area (Å²) in [6.45, 7) is 6.48. The van der Waals surface area contributed by atoms with Gasteiger partial charge in [0.05, 0.1) is 5.75 Å². The second kappa shape index (κ2) is 10.1. The number of amides is 1. The number of carbonyl (C=O) groups is 1. The van der Waals surface area contributed by atoms with E-state index < -0.39 is 0 Å². The SMILES string of the molecule is CCc1cccc(CC)c1NC(=O)CSc1n[nH]c(COc2ccccc2C)n1. The molecule has 0 fully saturated rings. The Hall–Kier alpha value is -2.80. The number of aromatic amines is 1. The van der Waals surface area contributed by atoms with Crippen LogP contribution < -0.4 is 10.1 Å². The van der Waals surface area contributed by atoms with Crippen molar-refractivity contribution in [2.45, 2.75) is 45.4 Å². The van der Waals surface area contributed by atoms with Crippen LogP contribution in [0.1, 0.15) is 36.4 Å². The normalized spacial score (nSPS) is 10.7. The van der Waals surface area contributed by atoms with Crippen LogP contribution in [0, 0.1) is 6.92 Å². The fourth-order valence-electron chi connectivity index (χ4n) is 2.98. The first-order valence-corrected chi connectivity index (χ1v) is 10.7. The maximum absolute atomic E-state index is 12.5. The van der Waals surface area contributed by atoms with Gasteiger partial charge in [-0.25, -0.2) is 4.98 Å². The number of rotatable bonds is 9. The van der Waals surface area contributed by atoms with Crippen LogP contribution in [0.15, 0.2) is 47.6 Å². The van der Waals surface area contributed by atoms with Crippen LogP contribution in [0.25, 0.3) is 0 Å². The summed E-state index contributed by atoms with van der Waals surface area (Å²) in [6, 6.07) is 14.0. The predicted molar refractivity (Wildman–Crippen MR) is 116 cm³/mol. The summed E-state index contributed by atoms with van der Waals surface area (Å²) in [7, 11) is 0. The van der Waals surface area contributed by atoms with Crippen LogP contribution in [-0.2, 0) is 24.2 Å². The molecule has 152 valence electrons. The van der Waals surface area contributed by atoms with Crippen molar-refractivity contribution in [1.29, 1.82) is 0 Å². The van der Waals surface area contributed by atoms with Gasteiger partial charge in [0, 0.05) is 5.69 Å². The molecule has 6 nitrogen and oxygen atoms in total. The summed E-state index contributed by atoms with van der Waals surface area (Å²) < 4.78 is 5.77. The Morgan fingerprint density at radius 3 is 2.52 bits per heavy atom. The minimum atomic E-state index is -0.0619. The number of aryl methyl sites for hydroxylation is 3. The Labute approximate surface area is 175 Å². The summed E-state index contributed by atoms with van der Waals surface area (Å²) >= 11 is 1.30. The van der Waals surface area contributed by atoms with Gasteiger partial charge in [0.15, 0.2) is 5.82 Å². The zero-order valence-electron chi connectivity index (χ0n) is 17.0. The molecule has 0 aliphatic rings. The van der Waals surface area contributed by atoms with Gasteiger partial charge in [-0.05, 0) is 42.5 Å². The van der Waals surface area contributed by atoms with Gasteiger partial charge in [-0.1, -0.05) is 62.0 Å². The molecule has 0 spiro atoms. The lowest BCUT2D eigenvalue weighted by atomic mass is 10.0. The number of H-pyrrole nitrogens is 1. The molecule has 7 heteroatoms. The van der Waals surface area contributed by atoms with Crippen molar-refractivity contribution in [3.63, 3.8) is 0 Å². The number of hydrogen-bond acceptors (Lipinski definition) is 5. The van der Waals surface area contributed by atoms with E-state index in [0.29, 0.717) is 17.6 Å². The largest absolute Gasteiger partial charge is 0.485 e. The summed E-state index contributed by atoms with van der Waals surface area (Å²) in [6.07, 6.45) is 1.75. The van der Waals surface area contributed by atoms with Crippen LogP contribution in [0.5, 0.6) is 5.75 Å². The van der Waals surface area contributed by atoms with Crippen molar-refractivity contribution in [2.75, 3.05) is 11.1 Å². The number of ether oxygens (including phenoxy) is 1. The molecule has 1 heterocycles. The van der Waals surface area contributed by atoms with Crippen molar-refractivity contribution >= 4 is 23.4 Å². The van der Waals surface area contributed by atoms with E-state index in [-0.39, 0.29) is 11.7 Å². The van der Waals surface area contributed by atoms with E-state index in [9.17, 15) is 4.79 Å². The van der Waals surface area contributed by atoms with Gasteiger partial charge in [-0.15, -0.1) is 5.10 Å². The van der Waals surface area contributed by atoms with Crippen LogP contribution in [-0.4, -0.2) is 26.8 Å². The van der Waals surface area contributed by atoms with Crippen LogP contribution in [0.3, 0.4) is 0 Å². The lowest BCUT2D eigenvalue weighted by Gasteiger charge is -2.14. The maximum Gasteiger partial charge on any atom is 0.234 e. The Kier molecular flexibility index (Phi) is 7.30. The van der Waals surface area contributed by atoms with Crippen molar-refractivity contribution in [3.05, 3.63) is 65.0 Å². The quantitative estimate of drug-likeness (QED) is 0.506. The van der Waals surface area contributed by atoms with Crippen LogP contribution >= 0.6 is 11.8 Å². The minimum absolute atomic E-state index is 0.0619. The highest BCUT2D eigenvalue weighted by Gasteiger charge is 2.12. The molecule has 0 aliphatic heterocycles. The molecule has 0 radical (unpaired) electrons. The van der Waals surface area contributed by atoms with E-state index in [1.807, 2.05) is 37.3 Å². The molecule has 29 heavy (non-hydrogen) atoms. The zero-order chi connectivity index (χ0) is 20.6. The molecule has 3 aromatic rings. The minimum Gasteiger partial charge on any atom is -0.485 e. The summed E-state index contributed by atoms with van der Waals surface area (Å²) in [4.78, 5) is 16.8. The molecule has 0 saturated carbocycles. The molecule has 0 saturated heterocycles. The standard InChI is InChI=1S/C22H26N4O2S/c1-4-16-10-8-11-17(5-2)21(16)24-20(27)14-29-22-23-19(25-26-22)13-28-18-12-7-6-9-15(18)3/h6-12H,4-5,13-14H2,1-3H3,(H,24,27)(H,23,25,26). The van der Waals surface area contributed by atoms with Crippen LogP contribution in [0.2, 0.25) is 0 Å². The van der Waals surface area contributed by atoms with Gasteiger partial charge < -0.3 is 10.1 Å². The highest BCUT2D eigenvalue weighted by atomic mass is 32.2. The summed E-state index contributed by atoms with van der Waals surface area (Å²) in [5.41, 5.74) is 4.30. The number of nitrogens with zero attached hydrogens (tertiary/aromatic N) is 2. The third kappa shape index (κ3) is 5.60. The third-order valence-corrected chi connectivity index (χ3v) is 5.41. The number of para-hydroxylation sites is 2. The fraction of sp³-hybridized carbons (Fsp3) is 0.318. The van der Waals surface area contributed by atoms with E-state index in [1.54, 1.807) is 0 Å². The van der Waals surface area contributed by atoms with Gasteiger partial charge in [0.25, 0.3) is 0 Å².